The standard InChI is InChI=1S/C10H14N2OS/c13-10-2-1-9(11-12-10)7-8-3-5-14-6-4-8/h1-2,8H,3-7H2,(H,12,13). The Labute approximate surface area is 87.3 Å². The molecule has 1 aliphatic rings. The maximum atomic E-state index is 10.8. The molecule has 1 fully saturated rings. The van der Waals surface area contributed by atoms with Gasteiger partial charge in [0.1, 0.15) is 0 Å². The molecule has 0 saturated carbocycles. The number of nitrogens with one attached hydrogen (secondary N) is 1. The van der Waals surface area contributed by atoms with Crippen LogP contribution in [0.4, 0.5) is 0 Å². The molecule has 1 aromatic rings. The van der Waals surface area contributed by atoms with E-state index < -0.39 is 0 Å². The summed E-state index contributed by atoms with van der Waals surface area (Å²) in [6.07, 6.45) is 3.58. The zero-order chi connectivity index (χ0) is 9.80. The zero-order valence-corrected chi connectivity index (χ0v) is 8.85. The zero-order valence-electron chi connectivity index (χ0n) is 8.03. The summed E-state index contributed by atoms with van der Waals surface area (Å²) in [6.45, 7) is 0. The van der Waals surface area contributed by atoms with E-state index in [9.17, 15) is 4.79 Å². The lowest BCUT2D eigenvalue weighted by Gasteiger charge is -2.20. The topological polar surface area (TPSA) is 45.8 Å². The van der Waals surface area contributed by atoms with Crippen molar-refractivity contribution in [2.24, 2.45) is 5.92 Å². The van der Waals surface area contributed by atoms with Gasteiger partial charge in [0.2, 0.25) is 0 Å². The smallest absolute Gasteiger partial charge is 0.264 e. The van der Waals surface area contributed by atoms with Crippen LogP contribution < -0.4 is 5.56 Å². The van der Waals surface area contributed by atoms with Crippen molar-refractivity contribution in [2.45, 2.75) is 19.3 Å². The molecule has 0 spiro atoms. The number of thioether (sulfide) groups is 1. The highest BCUT2D eigenvalue weighted by Gasteiger charge is 2.14. The number of H-pyrrole nitrogens is 1. The number of hydrogen-bond acceptors (Lipinski definition) is 3. The van der Waals surface area contributed by atoms with E-state index in [0.29, 0.717) is 0 Å². The molecule has 0 amide bonds. The summed E-state index contributed by atoms with van der Waals surface area (Å²) in [5.74, 6) is 3.30. The monoisotopic (exact) mass is 210 g/mol. The molecule has 0 atom stereocenters. The van der Waals surface area contributed by atoms with Crippen LogP contribution in [-0.4, -0.2) is 21.7 Å². The van der Waals surface area contributed by atoms with Gasteiger partial charge in [0.15, 0.2) is 0 Å². The van der Waals surface area contributed by atoms with Gasteiger partial charge in [0, 0.05) is 6.07 Å². The van der Waals surface area contributed by atoms with E-state index in [1.807, 2.05) is 17.8 Å². The predicted octanol–water partition coefficient (Wildman–Crippen LogP) is 1.46. The van der Waals surface area contributed by atoms with E-state index in [1.165, 1.54) is 24.3 Å². The largest absolute Gasteiger partial charge is 0.268 e. The Morgan fingerprint density at radius 2 is 2.21 bits per heavy atom. The van der Waals surface area contributed by atoms with Gasteiger partial charge in [-0.15, -0.1) is 0 Å². The van der Waals surface area contributed by atoms with Crippen molar-refractivity contribution in [3.05, 3.63) is 28.2 Å². The third-order valence-corrected chi connectivity index (χ3v) is 3.62. The summed E-state index contributed by atoms with van der Waals surface area (Å²) < 4.78 is 0. The first-order valence-electron chi connectivity index (χ1n) is 4.97. The lowest BCUT2D eigenvalue weighted by molar-refractivity contribution is 0.480. The lowest BCUT2D eigenvalue weighted by Crippen LogP contribution is -2.15. The van der Waals surface area contributed by atoms with Gasteiger partial charge in [-0.3, -0.25) is 4.79 Å². The maximum Gasteiger partial charge on any atom is 0.264 e. The first-order valence-corrected chi connectivity index (χ1v) is 6.12. The van der Waals surface area contributed by atoms with Crippen molar-refractivity contribution in [3.63, 3.8) is 0 Å². The molecule has 1 aliphatic heterocycles. The van der Waals surface area contributed by atoms with Gasteiger partial charge < -0.3 is 0 Å². The Bertz CT molecular complexity index is 324. The average molecular weight is 210 g/mol. The summed E-state index contributed by atoms with van der Waals surface area (Å²) in [4.78, 5) is 10.8. The molecule has 4 heteroatoms. The Hall–Kier alpha value is -0.770. The van der Waals surface area contributed by atoms with E-state index in [4.69, 9.17) is 0 Å². The number of aromatic amines is 1. The summed E-state index contributed by atoms with van der Waals surface area (Å²) in [6, 6.07) is 3.39. The van der Waals surface area contributed by atoms with Gasteiger partial charge in [-0.25, -0.2) is 5.10 Å². The van der Waals surface area contributed by atoms with E-state index in [-0.39, 0.29) is 5.56 Å². The van der Waals surface area contributed by atoms with Crippen molar-refractivity contribution in [1.82, 2.24) is 10.2 Å². The quantitative estimate of drug-likeness (QED) is 0.803. The molecule has 2 rings (SSSR count). The molecule has 1 aromatic heterocycles. The van der Waals surface area contributed by atoms with Crippen LogP contribution in [0.25, 0.3) is 0 Å². The highest BCUT2D eigenvalue weighted by atomic mass is 32.2. The van der Waals surface area contributed by atoms with Crippen LogP contribution in [0.5, 0.6) is 0 Å². The molecule has 14 heavy (non-hydrogen) atoms. The third-order valence-electron chi connectivity index (χ3n) is 2.58. The summed E-state index contributed by atoms with van der Waals surface area (Å²) >= 11 is 2.03. The van der Waals surface area contributed by atoms with Gasteiger partial charge in [0.05, 0.1) is 5.69 Å². The van der Waals surface area contributed by atoms with Crippen LogP contribution >= 0.6 is 11.8 Å². The molecule has 0 unspecified atom stereocenters. The first-order chi connectivity index (χ1) is 6.84. The Kier molecular flexibility index (Phi) is 3.24. The fraction of sp³-hybridized carbons (Fsp3) is 0.600. The van der Waals surface area contributed by atoms with E-state index >= 15 is 0 Å². The normalized spacial score (nSPS) is 18.3. The molecule has 2 heterocycles. The number of aromatic nitrogens is 2. The van der Waals surface area contributed by atoms with Gasteiger partial charge in [-0.2, -0.15) is 16.9 Å². The highest BCUT2D eigenvalue weighted by Crippen LogP contribution is 2.24. The third kappa shape index (κ3) is 2.61. The molecule has 0 aliphatic carbocycles. The highest BCUT2D eigenvalue weighted by molar-refractivity contribution is 7.99. The fourth-order valence-electron chi connectivity index (χ4n) is 1.73. The molecule has 1 N–H and O–H groups in total. The molecule has 76 valence electrons. The van der Waals surface area contributed by atoms with Crippen molar-refractivity contribution in [2.75, 3.05) is 11.5 Å². The predicted molar refractivity (Wildman–Crippen MR) is 58.6 cm³/mol. The summed E-state index contributed by atoms with van der Waals surface area (Å²) in [5.41, 5.74) is 0.898. The van der Waals surface area contributed by atoms with Crippen molar-refractivity contribution < 1.29 is 0 Å². The summed E-state index contributed by atoms with van der Waals surface area (Å²) in [5, 5.41) is 6.51. The van der Waals surface area contributed by atoms with E-state index in [0.717, 1.165) is 18.0 Å². The Morgan fingerprint density at radius 3 is 2.86 bits per heavy atom. The minimum absolute atomic E-state index is 0.118. The van der Waals surface area contributed by atoms with Crippen molar-refractivity contribution >= 4 is 11.8 Å². The van der Waals surface area contributed by atoms with Crippen LogP contribution in [0.2, 0.25) is 0 Å². The lowest BCUT2D eigenvalue weighted by atomic mass is 9.97. The molecule has 0 radical (unpaired) electrons. The van der Waals surface area contributed by atoms with E-state index in [2.05, 4.69) is 10.2 Å². The number of nitrogens with zero attached hydrogens (tertiary/aromatic N) is 1. The second-order valence-corrected chi connectivity index (χ2v) is 4.90. The van der Waals surface area contributed by atoms with Crippen molar-refractivity contribution in [3.8, 4) is 0 Å². The Balaban J connectivity index is 1.96. The second kappa shape index (κ2) is 4.64. The second-order valence-electron chi connectivity index (χ2n) is 3.67. The minimum atomic E-state index is -0.118. The summed E-state index contributed by atoms with van der Waals surface area (Å²) in [7, 11) is 0. The average Bonchev–Trinajstić information content (AvgIpc) is 2.23. The SMILES string of the molecule is O=c1ccc(CC2CCSCC2)n[nH]1. The van der Waals surface area contributed by atoms with Crippen LogP contribution in [0.3, 0.4) is 0 Å². The van der Waals surface area contributed by atoms with Crippen LogP contribution in [0.15, 0.2) is 16.9 Å². The molecule has 3 nitrogen and oxygen atoms in total. The minimum Gasteiger partial charge on any atom is -0.268 e. The van der Waals surface area contributed by atoms with Gasteiger partial charge in [-0.1, -0.05) is 0 Å². The molecule has 1 saturated heterocycles. The maximum absolute atomic E-state index is 10.8. The molecule has 0 aromatic carbocycles. The molecular weight excluding hydrogens is 196 g/mol. The number of hydrogen-bond donors (Lipinski definition) is 1. The van der Waals surface area contributed by atoms with Crippen molar-refractivity contribution in [1.29, 1.82) is 0 Å². The number of rotatable bonds is 2. The van der Waals surface area contributed by atoms with Gasteiger partial charge in [0.25, 0.3) is 5.56 Å². The van der Waals surface area contributed by atoms with Crippen LogP contribution in [-0.2, 0) is 6.42 Å². The van der Waals surface area contributed by atoms with Crippen LogP contribution in [0.1, 0.15) is 18.5 Å². The first kappa shape index (κ1) is 9.77. The molecular formula is C10H14N2OS. The Morgan fingerprint density at radius 1 is 1.43 bits per heavy atom. The molecule has 0 bridgehead atoms. The fourth-order valence-corrected chi connectivity index (χ4v) is 2.94. The van der Waals surface area contributed by atoms with Gasteiger partial charge >= 0.3 is 0 Å². The van der Waals surface area contributed by atoms with E-state index in [1.54, 1.807) is 6.07 Å². The van der Waals surface area contributed by atoms with Crippen LogP contribution in [0, 0.1) is 5.92 Å². The van der Waals surface area contributed by atoms with Gasteiger partial charge in [-0.05, 0) is 42.8 Å².